The number of hydrogen-bond donors (Lipinski definition) is 0. The van der Waals surface area contributed by atoms with E-state index in [0.29, 0.717) is 12.0 Å². The zero-order valence-electron chi connectivity index (χ0n) is 7.85. The van der Waals surface area contributed by atoms with E-state index in [1.165, 1.54) is 6.42 Å². The van der Waals surface area contributed by atoms with E-state index in [1.807, 2.05) is 0 Å². The molecule has 0 bridgehead atoms. The Morgan fingerprint density at radius 2 is 1.70 bits per heavy atom. The second kappa shape index (κ2) is 4.91. The first-order valence-corrected chi connectivity index (χ1v) is 4.92. The molecule has 0 spiro atoms. The Morgan fingerprint density at radius 3 is 1.80 bits per heavy atom. The molecule has 0 aliphatic rings. The molecule has 0 aliphatic carbocycles. The molecule has 0 aromatic heterocycles. The van der Waals surface area contributed by atoms with E-state index < -0.39 is 0 Å². The molecule has 0 radical (unpaired) electrons. The fourth-order valence-corrected chi connectivity index (χ4v) is 1.84. The summed E-state index contributed by atoms with van der Waals surface area (Å²) in [6.45, 7) is 8.95. The van der Waals surface area contributed by atoms with Crippen LogP contribution in [0.15, 0.2) is 0 Å². The van der Waals surface area contributed by atoms with E-state index in [2.05, 4.69) is 27.7 Å². The summed E-state index contributed by atoms with van der Waals surface area (Å²) in [7, 11) is 0.876. The molecule has 0 rings (SSSR count). The van der Waals surface area contributed by atoms with Gasteiger partial charge in [-0.3, -0.25) is 0 Å². The lowest BCUT2D eigenvalue weighted by molar-refractivity contribution is 0.140. The van der Waals surface area contributed by atoms with E-state index in [4.69, 9.17) is 4.43 Å². The van der Waals surface area contributed by atoms with Gasteiger partial charge in [-0.25, -0.2) is 0 Å². The molecular weight excluding hydrogens is 140 g/mol. The summed E-state index contributed by atoms with van der Waals surface area (Å²) in [5, 5.41) is 0. The van der Waals surface area contributed by atoms with Crippen molar-refractivity contribution in [3.63, 3.8) is 0 Å². The van der Waals surface area contributed by atoms with Gasteiger partial charge < -0.3 is 4.43 Å². The van der Waals surface area contributed by atoms with Crippen LogP contribution >= 0.6 is 0 Å². The van der Waals surface area contributed by atoms with E-state index in [0.717, 1.165) is 16.4 Å². The quantitative estimate of drug-likeness (QED) is 0.564. The summed E-state index contributed by atoms with van der Waals surface area (Å²) in [6.07, 6.45) is 1.72. The molecule has 0 saturated carbocycles. The average Bonchev–Trinajstić information content (AvgIpc) is 1.81. The molecule has 1 unspecified atom stereocenters. The molecule has 0 heterocycles. The van der Waals surface area contributed by atoms with Crippen LogP contribution in [0.3, 0.4) is 0 Å². The molecule has 0 saturated heterocycles. The largest absolute Gasteiger partial charge is 0.425 e. The van der Waals surface area contributed by atoms with E-state index in [1.54, 1.807) is 0 Å². The monoisotopic (exact) mass is 160 g/mol. The Morgan fingerprint density at radius 1 is 1.20 bits per heavy atom. The lowest BCUT2D eigenvalue weighted by Gasteiger charge is -2.21. The maximum atomic E-state index is 5.46. The third-order valence-corrected chi connectivity index (χ3v) is 2.36. The van der Waals surface area contributed by atoms with Crippen molar-refractivity contribution in [1.29, 1.82) is 0 Å². The van der Waals surface area contributed by atoms with Gasteiger partial charge in [0, 0.05) is 6.10 Å². The van der Waals surface area contributed by atoms with Gasteiger partial charge >= 0.3 is 0 Å². The van der Waals surface area contributed by atoms with Crippen molar-refractivity contribution in [3.05, 3.63) is 0 Å². The van der Waals surface area contributed by atoms with E-state index >= 15 is 0 Å². The third-order valence-electron chi connectivity index (χ3n) is 1.75. The smallest absolute Gasteiger partial charge is 0.146 e. The lowest BCUT2D eigenvalue weighted by Crippen LogP contribution is -2.20. The molecule has 0 N–H and O–H groups in total. The van der Waals surface area contributed by atoms with Crippen molar-refractivity contribution in [2.45, 2.75) is 40.2 Å². The lowest BCUT2D eigenvalue weighted by atomic mass is 9.98. The normalized spacial score (nSPS) is 15.0. The molecule has 62 valence electrons. The summed E-state index contributed by atoms with van der Waals surface area (Å²) in [6, 6.07) is 0. The van der Waals surface area contributed by atoms with E-state index in [9.17, 15) is 0 Å². The van der Waals surface area contributed by atoms with E-state index in [-0.39, 0.29) is 0 Å². The Balaban J connectivity index is 3.60. The highest BCUT2D eigenvalue weighted by molar-refractivity contribution is 5.98. The third kappa shape index (κ3) is 4.07. The fourth-order valence-electron chi connectivity index (χ4n) is 1.11. The highest BCUT2D eigenvalue weighted by atomic mass is 28.2. The topological polar surface area (TPSA) is 9.23 Å². The number of rotatable bonds is 4. The fraction of sp³-hybridized carbons (Fsp3) is 1.00. The first kappa shape index (κ1) is 10.2. The van der Waals surface area contributed by atoms with Crippen molar-refractivity contribution in [3.8, 4) is 0 Å². The first-order valence-electron chi connectivity index (χ1n) is 4.10. The minimum Gasteiger partial charge on any atom is -0.425 e. The summed E-state index contributed by atoms with van der Waals surface area (Å²) < 4.78 is 5.46. The molecule has 0 amide bonds. The zero-order valence-corrected chi connectivity index (χ0v) is 9.85. The van der Waals surface area contributed by atoms with Crippen LogP contribution in [-0.4, -0.2) is 16.6 Å². The second-order valence-electron chi connectivity index (χ2n) is 3.65. The molecular formula is C8H20OSi. The Kier molecular flexibility index (Phi) is 5.00. The Labute approximate surface area is 67.7 Å². The minimum absolute atomic E-state index is 0.506. The van der Waals surface area contributed by atoms with Gasteiger partial charge in [0.1, 0.15) is 10.5 Å². The van der Waals surface area contributed by atoms with Crippen LogP contribution in [0.4, 0.5) is 0 Å². The van der Waals surface area contributed by atoms with Gasteiger partial charge in [0.2, 0.25) is 0 Å². The predicted octanol–water partition coefficient (Wildman–Crippen LogP) is 1.35. The van der Waals surface area contributed by atoms with Gasteiger partial charge in [-0.05, 0) is 18.3 Å². The highest BCUT2D eigenvalue weighted by Crippen LogP contribution is 2.14. The standard InChI is InChI=1S/C8H20OSi/c1-6(2)5-8(9-10)7(3)4/h6-8H,5H2,1-4,10H3. The van der Waals surface area contributed by atoms with Gasteiger partial charge in [-0.15, -0.1) is 0 Å². The molecule has 0 aromatic carbocycles. The van der Waals surface area contributed by atoms with Crippen molar-refractivity contribution in [2.24, 2.45) is 11.8 Å². The van der Waals surface area contributed by atoms with Gasteiger partial charge in [0.05, 0.1) is 0 Å². The molecule has 1 atom stereocenters. The second-order valence-corrected chi connectivity index (χ2v) is 4.12. The average molecular weight is 160 g/mol. The summed E-state index contributed by atoms with van der Waals surface area (Å²) in [5.41, 5.74) is 0. The summed E-state index contributed by atoms with van der Waals surface area (Å²) in [5.74, 6) is 1.45. The van der Waals surface area contributed by atoms with Crippen LogP contribution in [0.5, 0.6) is 0 Å². The molecule has 0 aromatic rings. The maximum Gasteiger partial charge on any atom is 0.146 e. The van der Waals surface area contributed by atoms with Crippen LogP contribution in [-0.2, 0) is 4.43 Å². The molecule has 10 heavy (non-hydrogen) atoms. The summed E-state index contributed by atoms with van der Waals surface area (Å²) in [4.78, 5) is 0. The van der Waals surface area contributed by atoms with Crippen LogP contribution in [0.25, 0.3) is 0 Å². The van der Waals surface area contributed by atoms with Crippen molar-refractivity contribution in [2.75, 3.05) is 0 Å². The van der Waals surface area contributed by atoms with Crippen molar-refractivity contribution >= 4 is 10.5 Å². The highest BCUT2D eigenvalue weighted by Gasteiger charge is 2.12. The predicted molar refractivity (Wildman–Crippen MR) is 49.1 cm³/mol. The summed E-state index contributed by atoms with van der Waals surface area (Å²) >= 11 is 0. The van der Waals surface area contributed by atoms with Crippen molar-refractivity contribution < 1.29 is 4.43 Å². The Hall–Kier alpha value is 0.177. The van der Waals surface area contributed by atoms with Gasteiger partial charge in [0.15, 0.2) is 0 Å². The SMILES string of the molecule is CC(C)CC(O[SiH3])C(C)C. The zero-order chi connectivity index (χ0) is 8.15. The minimum atomic E-state index is 0.506. The van der Waals surface area contributed by atoms with Gasteiger partial charge in [-0.2, -0.15) is 0 Å². The molecule has 2 heteroatoms. The molecule has 1 nitrogen and oxygen atoms in total. The number of hydrogen-bond acceptors (Lipinski definition) is 1. The van der Waals surface area contributed by atoms with Gasteiger partial charge in [0.25, 0.3) is 0 Å². The van der Waals surface area contributed by atoms with Crippen molar-refractivity contribution in [1.82, 2.24) is 0 Å². The van der Waals surface area contributed by atoms with Crippen LogP contribution in [0.1, 0.15) is 34.1 Å². The molecule has 0 fully saturated rings. The molecule has 0 aliphatic heterocycles. The van der Waals surface area contributed by atoms with Gasteiger partial charge in [-0.1, -0.05) is 27.7 Å². The first-order chi connectivity index (χ1) is 4.57. The van der Waals surface area contributed by atoms with Crippen LogP contribution in [0.2, 0.25) is 0 Å². The van der Waals surface area contributed by atoms with Crippen LogP contribution in [0, 0.1) is 11.8 Å². The maximum absolute atomic E-state index is 5.46. The van der Waals surface area contributed by atoms with Crippen LogP contribution < -0.4 is 0 Å². The Bertz CT molecular complexity index is 81.3.